The summed E-state index contributed by atoms with van der Waals surface area (Å²) >= 11 is 1.38. The van der Waals surface area contributed by atoms with E-state index in [4.69, 9.17) is 4.74 Å². The first kappa shape index (κ1) is 16.1. The highest BCUT2D eigenvalue weighted by Gasteiger charge is 2.08. The Kier molecular flexibility index (Phi) is 4.81. The number of ether oxygens (including phenoxy) is 1. The van der Waals surface area contributed by atoms with Crippen molar-refractivity contribution in [2.45, 2.75) is 0 Å². The van der Waals surface area contributed by atoms with E-state index in [0.29, 0.717) is 10.7 Å². The van der Waals surface area contributed by atoms with Gasteiger partial charge in [0.05, 0.1) is 19.0 Å². The number of para-hydroxylation sites is 1. The first-order valence-corrected chi connectivity index (χ1v) is 7.88. The van der Waals surface area contributed by atoms with Gasteiger partial charge in [0.15, 0.2) is 11.6 Å². The van der Waals surface area contributed by atoms with Crippen LogP contribution in [0.25, 0.3) is 11.3 Å². The summed E-state index contributed by atoms with van der Waals surface area (Å²) < 4.78 is 31.3. The van der Waals surface area contributed by atoms with Gasteiger partial charge in [-0.05, 0) is 29.8 Å². The molecule has 0 atom stereocenters. The number of methoxy groups -OCH3 is 1. The average Bonchev–Trinajstić information content (AvgIpc) is 3.07. The van der Waals surface area contributed by atoms with Crippen LogP contribution in [0.5, 0.6) is 5.75 Å². The fourth-order valence-corrected chi connectivity index (χ4v) is 2.72. The smallest absolute Gasteiger partial charge is 0.203 e. The van der Waals surface area contributed by atoms with Crippen molar-refractivity contribution in [2.75, 3.05) is 12.5 Å². The minimum Gasteiger partial charge on any atom is -0.496 e. The van der Waals surface area contributed by atoms with Crippen LogP contribution in [0, 0.1) is 11.6 Å². The highest BCUT2D eigenvalue weighted by atomic mass is 32.1. The van der Waals surface area contributed by atoms with Gasteiger partial charge >= 0.3 is 0 Å². The lowest BCUT2D eigenvalue weighted by Crippen LogP contribution is -1.92. The number of thiazole rings is 1. The molecule has 0 bridgehead atoms. The molecule has 7 heteroatoms. The van der Waals surface area contributed by atoms with Gasteiger partial charge in [-0.15, -0.1) is 11.3 Å². The Hall–Kier alpha value is -2.80. The first-order chi connectivity index (χ1) is 11.7. The van der Waals surface area contributed by atoms with Crippen molar-refractivity contribution in [3.05, 3.63) is 65.0 Å². The van der Waals surface area contributed by atoms with E-state index in [9.17, 15) is 8.78 Å². The van der Waals surface area contributed by atoms with Crippen molar-refractivity contribution in [1.82, 2.24) is 4.98 Å². The Morgan fingerprint density at radius 1 is 1.17 bits per heavy atom. The van der Waals surface area contributed by atoms with Crippen LogP contribution in [0.15, 0.2) is 52.9 Å². The largest absolute Gasteiger partial charge is 0.496 e. The number of nitrogens with zero attached hydrogens (tertiary/aromatic N) is 2. The number of benzene rings is 2. The topological polar surface area (TPSA) is 46.5 Å². The molecule has 0 fully saturated rings. The van der Waals surface area contributed by atoms with E-state index in [1.54, 1.807) is 7.11 Å². The lowest BCUT2D eigenvalue weighted by molar-refractivity contribution is 0.416. The summed E-state index contributed by atoms with van der Waals surface area (Å²) in [6, 6.07) is 11.1. The first-order valence-electron chi connectivity index (χ1n) is 7.00. The molecule has 3 aromatic rings. The molecular formula is C17H13F2N3OS. The highest BCUT2D eigenvalue weighted by Crippen LogP contribution is 2.31. The molecule has 0 unspecified atom stereocenters. The Morgan fingerprint density at radius 2 is 2.00 bits per heavy atom. The minimum absolute atomic E-state index is 0.447. The summed E-state index contributed by atoms with van der Waals surface area (Å²) in [5.74, 6) is -1.06. The maximum absolute atomic E-state index is 13.1. The maximum Gasteiger partial charge on any atom is 0.203 e. The van der Waals surface area contributed by atoms with Gasteiger partial charge in [0.2, 0.25) is 5.13 Å². The quantitative estimate of drug-likeness (QED) is 0.545. The highest BCUT2D eigenvalue weighted by molar-refractivity contribution is 7.14. The van der Waals surface area contributed by atoms with Gasteiger partial charge in [0.1, 0.15) is 5.75 Å². The van der Waals surface area contributed by atoms with Crippen molar-refractivity contribution in [1.29, 1.82) is 0 Å². The van der Waals surface area contributed by atoms with Crippen LogP contribution in [-0.2, 0) is 0 Å². The third kappa shape index (κ3) is 3.57. The predicted octanol–water partition coefficient (Wildman–Crippen LogP) is 4.54. The second-order valence-corrected chi connectivity index (χ2v) is 5.64. The molecule has 0 aliphatic rings. The van der Waals surface area contributed by atoms with E-state index in [1.165, 1.54) is 23.6 Å². The number of hydrazone groups is 1. The summed E-state index contributed by atoms with van der Waals surface area (Å²) in [5, 5.41) is 6.45. The van der Waals surface area contributed by atoms with Crippen LogP contribution < -0.4 is 10.2 Å². The summed E-state index contributed by atoms with van der Waals surface area (Å²) in [6.07, 6.45) is 1.40. The molecule has 1 N–H and O–H groups in total. The Balaban J connectivity index is 1.72. The summed E-state index contributed by atoms with van der Waals surface area (Å²) in [6.45, 7) is 0. The van der Waals surface area contributed by atoms with Crippen molar-refractivity contribution >= 4 is 22.7 Å². The van der Waals surface area contributed by atoms with E-state index in [0.717, 1.165) is 29.1 Å². The number of aromatic nitrogens is 1. The zero-order valence-electron chi connectivity index (χ0n) is 12.7. The number of hydrogen-bond acceptors (Lipinski definition) is 5. The fourth-order valence-electron chi connectivity index (χ4n) is 2.06. The van der Waals surface area contributed by atoms with Crippen LogP contribution in [0.2, 0.25) is 0 Å². The SMILES string of the molecule is COc1ccccc1-c1csc(N/N=C/c2ccc(F)c(F)c2)n1. The number of halogens is 2. The van der Waals surface area contributed by atoms with Gasteiger partial charge in [-0.2, -0.15) is 5.10 Å². The van der Waals surface area contributed by atoms with Gasteiger partial charge < -0.3 is 4.74 Å². The second-order valence-electron chi connectivity index (χ2n) is 4.78. The Labute approximate surface area is 141 Å². The fraction of sp³-hybridized carbons (Fsp3) is 0.0588. The van der Waals surface area contributed by atoms with Crippen LogP contribution >= 0.6 is 11.3 Å². The molecule has 0 spiro atoms. The van der Waals surface area contributed by atoms with Gasteiger partial charge in [0.25, 0.3) is 0 Å². The molecule has 4 nitrogen and oxygen atoms in total. The number of anilines is 1. The third-order valence-corrected chi connectivity index (χ3v) is 3.95. The molecule has 1 aromatic heterocycles. The van der Waals surface area contributed by atoms with Crippen LogP contribution in [-0.4, -0.2) is 18.3 Å². The third-order valence-electron chi connectivity index (χ3n) is 3.20. The van der Waals surface area contributed by atoms with Gasteiger partial charge in [0, 0.05) is 10.9 Å². The summed E-state index contributed by atoms with van der Waals surface area (Å²) in [7, 11) is 1.61. The van der Waals surface area contributed by atoms with E-state index < -0.39 is 11.6 Å². The molecular weight excluding hydrogens is 332 g/mol. The van der Waals surface area contributed by atoms with Gasteiger partial charge in [-0.3, -0.25) is 5.43 Å². The maximum atomic E-state index is 13.1. The number of rotatable bonds is 5. The molecule has 0 saturated carbocycles. The summed E-state index contributed by atoms with van der Waals surface area (Å²) in [5.41, 5.74) is 4.87. The minimum atomic E-state index is -0.911. The summed E-state index contributed by atoms with van der Waals surface area (Å²) in [4.78, 5) is 4.43. The van der Waals surface area contributed by atoms with Gasteiger partial charge in [-0.1, -0.05) is 18.2 Å². The Bertz CT molecular complexity index is 880. The monoisotopic (exact) mass is 345 g/mol. The molecule has 0 saturated heterocycles. The van der Waals surface area contributed by atoms with Crippen molar-refractivity contribution in [3.8, 4) is 17.0 Å². The molecule has 0 radical (unpaired) electrons. The molecule has 2 aromatic carbocycles. The molecule has 0 aliphatic heterocycles. The predicted molar refractivity (Wildman–Crippen MR) is 91.7 cm³/mol. The van der Waals surface area contributed by atoms with E-state index in [1.807, 2.05) is 29.6 Å². The van der Waals surface area contributed by atoms with E-state index >= 15 is 0 Å². The molecule has 122 valence electrons. The van der Waals surface area contributed by atoms with Crippen molar-refractivity contribution < 1.29 is 13.5 Å². The zero-order valence-corrected chi connectivity index (χ0v) is 13.5. The lowest BCUT2D eigenvalue weighted by atomic mass is 10.1. The van der Waals surface area contributed by atoms with Crippen molar-refractivity contribution in [3.63, 3.8) is 0 Å². The van der Waals surface area contributed by atoms with Crippen LogP contribution in [0.1, 0.15) is 5.56 Å². The number of hydrogen-bond donors (Lipinski definition) is 1. The zero-order chi connectivity index (χ0) is 16.9. The molecule has 0 aliphatic carbocycles. The van der Waals surface area contributed by atoms with Crippen LogP contribution in [0.3, 0.4) is 0 Å². The molecule has 24 heavy (non-hydrogen) atoms. The Morgan fingerprint density at radius 3 is 2.79 bits per heavy atom. The average molecular weight is 345 g/mol. The molecule has 0 amide bonds. The molecule has 1 heterocycles. The van der Waals surface area contributed by atoms with E-state index in [-0.39, 0.29) is 0 Å². The standard InChI is InChI=1S/C17H13F2N3OS/c1-23-16-5-3-2-4-12(16)15-10-24-17(21-15)22-20-9-11-6-7-13(18)14(19)8-11/h2-10H,1H3,(H,21,22)/b20-9+. The second kappa shape index (κ2) is 7.18. The van der Waals surface area contributed by atoms with E-state index in [2.05, 4.69) is 15.5 Å². The molecule has 3 rings (SSSR count). The van der Waals surface area contributed by atoms with Crippen molar-refractivity contribution in [2.24, 2.45) is 5.10 Å². The lowest BCUT2D eigenvalue weighted by Gasteiger charge is -2.04. The van der Waals surface area contributed by atoms with Gasteiger partial charge in [-0.25, -0.2) is 13.8 Å². The van der Waals surface area contributed by atoms with Crippen LogP contribution in [0.4, 0.5) is 13.9 Å². The number of nitrogens with one attached hydrogen (secondary N) is 1. The normalized spacial score (nSPS) is 11.0.